The molecule has 6 nitrogen and oxygen atoms in total. The number of nitrogens with zero attached hydrogens (tertiary/aromatic N) is 1. The Kier molecular flexibility index (Phi) is 8.29. The number of hydrogen-bond donors (Lipinski definition) is 2. The second-order valence-electron chi connectivity index (χ2n) is 6.81. The lowest BCUT2D eigenvalue weighted by Crippen LogP contribution is -2.36. The molecule has 8 heteroatoms. The zero-order valence-corrected chi connectivity index (χ0v) is 18.4. The predicted octanol–water partition coefficient (Wildman–Crippen LogP) is 3.85. The summed E-state index contributed by atoms with van der Waals surface area (Å²) >= 11 is 0. The maximum absolute atomic E-state index is 13.0. The normalized spacial score (nSPS) is 15.1. The molecule has 1 aromatic heterocycles. The van der Waals surface area contributed by atoms with Crippen molar-refractivity contribution in [3.63, 3.8) is 0 Å². The van der Waals surface area contributed by atoms with E-state index in [4.69, 9.17) is 14.5 Å². The zero-order valence-electron chi connectivity index (χ0n) is 16.8. The molecule has 1 aliphatic rings. The number of nitrogens with one attached hydrogen (secondary N) is 2. The van der Waals surface area contributed by atoms with E-state index in [1.165, 1.54) is 0 Å². The van der Waals surface area contributed by atoms with Crippen LogP contribution in [0.25, 0.3) is 22.2 Å². The van der Waals surface area contributed by atoms with E-state index in [2.05, 4.69) is 10.6 Å². The summed E-state index contributed by atoms with van der Waals surface area (Å²) < 4.78 is 10.7. The highest BCUT2D eigenvalue weighted by Gasteiger charge is 2.20. The molecular weight excluding hydrogens is 425 g/mol. The predicted molar refractivity (Wildman–Crippen MR) is 124 cm³/mol. The van der Waals surface area contributed by atoms with Crippen molar-refractivity contribution in [3.05, 3.63) is 54.1 Å². The number of halogens is 2. The van der Waals surface area contributed by atoms with Crippen molar-refractivity contribution in [2.24, 2.45) is 0 Å². The highest BCUT2D eigenvalue weighted by molar-refractivity contribution is 6.07. The van der Waals surface area contributed by atoms with Gasteiger partial charge in [-0.05, 0) is 43.3 Å². The smallest absolute Gasteiger partial charge is 0.252 e. The molecule has 1 amide bonds. The van der Waals surface area contributed by atoms with E-state index in [0.717, 1.165) is 36.0 Å². The molecule has 1 fully saturated rings. The summed E-state index contributed by atoms with van der Waals surface area (Å²) in [7, 11) is 3.20. The fourth-order valence-corrected chi connectivity index (χ4v) is 3.55. The highest BCUT2D eigenvalue weighted by Crippen LogP contribution is 2.33. The van der Waals surface area contributed by atoms with Gasteiger partial charge in [-0.1, -0.05) is 18.2 Å². The third kappa shape index (κ3) is 4.78. The number of fused-ring (bicyclic) bond motifs is 1. The summed E-state index contributed by atoms with van der Waals surface area (Å²) in [6, 6.07) is 15.3. The Morgan fingerprint density at radius 2 is 1.83 bits per heavy atom. The topological polar surface area (TPSA) is 72.5 Å². The summed E-state index contributed by atoms with van der Waals surface area (Å²) in [5.74, 6) is 1.20. The largest absolute Gasteiger partial charge is 0.493 e. The Morgan fingerprint density at radius 3 is 2.53 bits per heavy atom. The third-order valence-corrected chi connectivity index (χ3v) is 5.04. The molecule has 1 saturated heterocycles. The van der Waals surface area contributed by atoms with Crippen molar-refractivity contribution in [3.8, 4) is 22.8 Å². The lowest BCUT2D eigenvalue weighted by atomic mass is 10.0. The van der Waals surface area contributed by atoms with Crippen LogP contribution in [-0.2, 0) is 0 Å². The quantitative estimate of drug-likeness (QED) is 0.618. The minimum absolute atomic E-state index is 0. The number of benzene rings is 2. The lowest BCUT2D eigenvalue weighted by molar-refractivity contribution is 0.0941. The van der Waals surface area contributed by atoms with Gasteiger partial charge in [0.15, 0.2) is 11.5 Å². The van der Waals surface area contributed by atoms with Crippen LogP contribution < -0.4 is 20.1 Å². The monoisotopic (exact) mass is 449 g/mol. The number of amides is 1. The molecule has 1 atom stereocenters. The Hall–Kier alpha value is -2.54. The number of aromatic nitrogens is 1. The van der Waals surface area contributed by atoms with Crippen LogP contribution >= 0.6 is 24.8 Å². The van der Waals surface area contributed by atoms with Gasteiger partial charge < -0.3 is 20.1 Å². The van der Waals surface area contributed by atoms with Gasteiger partial charge in [-0.15, -0.1) is 24.8 Å². The summed E-state index contributed by atoms with van der Waals surface area (Å²) in [6.07, 6.45) is 0.942. The maximum atomic E-state index is 13.0. The van der Waals surface area contributed by atoms with Crippen LogP contribution in [0.2, 0.25) is 0 Å². The van der Waals surface area contributed by atoms with Gasteiger partial charge in [0.25, 0.3) is 5.91 Å². The molecule has 4 rings (SSSR count). The van der Waals surface area contributed by atoms with E-state index < -0.39 is 0 Å². The number of carbonyl (C=O) groups excluding carboxylic acids is 1. The van der Waals surface area contributed by atoms with Crippen molar-refractivity contribution in [2.45, 2.75) is 12.5 Å². The van der Waals surface area contributed by atoms with Gasteiger partial charge >= 0.3 is 0 Å². The molecule has 0 saturated carbocycles. The number of rotatable bonds is 5. The molecule has 1 aliphatic heterocycles. The standard InChI is InChI=1S/C22H23N3O3.2ClH/c1-27-20-8-7-14(11-21(20)28-2)19-12-17(16-5-3-4-6-18(16)25-19)22(26)24-15-9-10-23-13-15;;/h3-8,11-12,15,23H,9-10,13H2,1-2H3,(H,24,26);2*1H. The molecule has 160 valence electrons. The fourth-order valence-electron chi connectivity index (χ4n) is 3.55. The van der Waals surface area contributed by atoms with Crippen LogP contribution in [0.15, 0.2) is 48.5 Å². The fraction of sp³-hybridized carbons (Fsp3) is 0.273. The molecule has 3 aromatic rings. The second-order valence-corrected chi connectivity index (χ2v) is 6.81. The average Bonchev–Trinajstić information content (AvgIpc) is 3.25. The molecular formula is C22H25Cl2N3O3. The summed E-state index contributed by atoms with van der Waals surface area (Å²) in [4.78, 5) is 17.8. The third-order valence-electron chi connectivity index (χ3n) is 5.04. The second kappa shape index (κ2) is 10.5. The number of ether oxygens (including phenoxy) is 2. The Labute approximate surface area is 188 Å². The van der Waals surface area contributed by atoms with E-state index in [0.29, 0.717) is 22.8 Å². The molecule has 0 spiro atoms. The van der Waals surface area contributed by atoms with Gasteiger partial charge in [0, 0.05) is 23.5 Å². The maximum Gasteiger partial charge on any atom is 0.252 e. The molecule has 0 aliphatic carbocycles. The number of para-hydroxylation sites is 1. The number of methoxy groups -OCH3 is 2. The number of hydrogen-bond acceptors (Lipinski definition) is 5. The first-order chi connectivity index (χ1) is 13.7. The van der Waals surface area contributed by atoms with Gasteiger partial charge in [-0.3, -0.25) is 4.79 Å². The van der Waals surface area contributed by atoms with Crippen molar-refractivity contribution >= 4 is 41.6 Å². The van der Waals surface area contributed by atoms with E-state index in [-0.39, 0.29) is 36.8 Å². The van der Waals surface area contributed by atoms with Gasteiger partial charge in [-0.25, -0.2) is 4.98 Å². The molecule has 0 radical (unpaired) electrons. The Bertz CT molecular complexity index is 1020. The van der Waals surface area contributed by atoms with Crippen LogP contribution in [0.3, 0.4) is 0 Å². The SMILES string of the molecule is COc1ccc(-c2cc(C(=O)NC3CCNC3)c3ccccc3n2)cc1OC.Cl.Cl. The van der Waals surface area contributed by atoms with E-state index in [9.17, 15) is 4.79 Å². The number of carbonyl (C=O) groups is 1. The Balaban J connectivity index is 0.00000160. The van der Waals surface area contributed by atoms with Crippen LogP contribution in [0.5, 0.6) is 11.5 Å². The van der Waals surface area contributed by atoms with Crippen molar-refractivity contribution in [2.75, 3.05) is 27.3 Å². The van der Waals surface area contributed by atoms with Crippen LogP contribution in [0.1, 0.15) is 16.8 Å². The van der Waals surface area contributed by atoms with Crippen molar-refractivity contribution < 1.29 is 14.3 Å². The summed E-state index contributed by atoms with van der Waals surface area (Å²) in [6.45, 7) is 1.73. The average molecular weight is 450 g/mol. The van der Waals surface area contributed by atoms with Crippen LogP contribution in [0.4, 0.5) is 0 Å². The first-order valence-corrected chi connectivity index (χ1v) is 9.33. The molecule has 1 unspecified atom stereocenters. The minimum atomic E-state index is -0.0750. The van der Waals surface area contributed by atoms with Crippen LogP contribution in [-0.4, -0.2) is 44.2 Å². The van der Waals surface area contributed by atoms with E-state index in [1.807, 2.05) is 48.5 Å². The van der Waals surface area contributed by atoms with Gasteiger partial charge in [-0.2, -0.15) is 0 Å². The highest BCUT2D eigenvalue weighted by atomic mass is 35.5. The molecule has 0 bridgehead atoms. The zero-order chi connectivity index (χ0) is 19.5. The van der Waals surface area contributed by atoms with E-state index in [1.54, 1.807) is 14.2 Å². The summed E-state index contributed by atoms with van der Waals surface area (Å²) in [5.41, 5.74) is 2.99. The van der Waals surface area contributed by atoms with Crippen LogP contribution in [0, 0.1) is 0 Å². The molecule has 2 N–H and O–H groups in total. The minimum Gasteiger partial charge on any atom is -0.493 e. The molecule has 2 aromatic carbocycles. The van der Waals surface area contributed by atoms with Crippen molar-refractivity contribution in [1.29, 1.82) is 0 Å². The number of pyridine rings is 1. The first-order valence-electron chi connectivity index (χ1n) is 9.33. The van der Waals surface area contributed by atoms with Gasteiger partial charge in [0.05, 0.1) is 31.0 Å². The van der Waals surface area contributed by atoms with Gasteiger partial charge in [0.1, 0.15) is 0 Å². The lowest BCUT2D eigenvalue weighted by Gasteiger charge is -2.15. The van der Waals surface area contributed by atoms with E-state index >= 15 is 0 Å². The Morgan fingerprint density at radius 1 is 1.07 bits per heavy atom. The summed E-state index contributed by atoms with van der Waals surface area (Å²) in [5, 5.41) is 7.25. The van der Waals surface area contributed by atoms with Gasteiger partial charge in [0.2, 0.25) is 0 Å². The first kappa shape index (κ1) is 23.7. The molecule has 30 heavy (non-hydrogen) atoms. The van der Waals surface area contributed by atoms with Crippen molar-refractivity contribution in [1.82, 2.24) is 15.6 Å². The molecule has 2 heterocycles.